The third-order valence-electron chi connectivity index (χ3n) is 2.04. The van der Waals surface area contributed by atoms with E-state index in [9.17, 15) is 4.39 Å². The van der Waals surface area contributed by atoms with E-state index in [0.717, 1.165) is 4.47 Å². The van der Waals surface area contributed by atoms with Crippen molar-refractivity contribution in [1.82, 2.24) is 4.98 Å². The molecule has 0 N–H and O–H groups in total. The zero-order valence-electron chi connectivity index (χ0n) is 8.36. The lowest BCUT2D eigenvalue weighted by molar-refractivity contribution is 0.298. The van der Waals surface area contributed by atoms with Gasteiger partial charge in [0.2, 0.25) is 0 Å². The molecular weight excluding hydrogens is 273 g/mol. The van der Waals surface area contributed by atoms with Gasteiger partial charge in [0.05, 0.1) is 6.20 Å². The van der Waals surface area contributed by atoms with Crippen molar-refractivity contribution in [2.24, 2.45) is 0 Å². The summed E-state index contributed by atoms with van der Waals surface area (Å²) in [6.45, 7) is 0.199. The van der Waals surface area contributed by atoms with Gasteiger partial charge in [-0.05, 0) is 24.3 Å². The minimum Gasteiger partial charge on any atom is -0.487 e. The van der Waals surface area contributed by atoms with Gasteiger partial charge in [-0.3, -0.25) is 4.98 Å². The van der Waals surface area contributed by atoms with Crippen LogP contribution in [0.15, 0.2) is 47.2 Å². The van der Waals surface area contributed by atoms with Crippen LogP contribution in [0.3, 0.4) is 0 Å². The van der Waals surface area contributed by atoms with Crippen molar-refractivity contribution in [3.63, 3.8) is 0 Å². The number of nitrogens with zero attached hydrogens (tertiary/aromatic N) is 1. The van der Waals surface area contributed by atoms with Crippen LogP contribution in [0.4, 0.5) is 4.39 Å². The third-order valence-corrected chi connectivity index (χ3v) is 2.54. The fourth-order valence-corrected chi connectivity index (χ4v) is 1.57. The molecule has 1 heterocycles. The van der Waals surface area contributed by atoms with E-state index in [1.807, 2.05) is 0 Å². The van der Waals surface area contributed by atoms with Crippen molar-refractivity contribution in [2.75, 3.05) is 0 Å². The van der Waals surface area contributed by atoms with Gasteiger partial charge in [0, 0.05) is 16.2 Å². The fraction of sp³-hybridized carbons (Fsp3) is 0.0833. The number of aromatic nitrogens is 1. The average Bonchev–Trinajstić information content (AvgIpc) is 2.29. The number of hydrogen-bond acceptors (Lipinski definition) is 2. The molecule has 0 aliphatic rings. The molecule has 0 unspecified atom stereocenters. The molecule has 2 rings (SSSR count). The summed E-state index contributed by atoms with van der Waals surface area (Å²) in [7, 11) is 0. The number of pyridine rings is 1. The predicted molar refractivity (Wildman–Crippen MR) is 62.7 cm³/mol. The lowest BCUT2D eigenvalue weighted by atomic mass is 10.2. The molecule has 0 aliphatic carbocycles. The first-order valence-corrected chi connectivity index (χ1v) is 5.52. The summed E-state index contributed by atoms with van der Waals surface area (Å²) in [6.07, 6.45) is 3.25. The van der Waals surface area contributed by atoms with Crippen LogP contribution >= 0.6 is 15.9 Å². The fourth-order valence-electron chi connectivity index (χ4n) is 1.23. The van der Waals surface area contributed by atoms with Gasteiger partial charge in [-0.2, -0.15) is 0 Å². The zero-order chi connectivity index (χ0) is 11.4. The number of ether oxygens (including phenoxy) is 1. The van der Waals surface area contributed by atoms with Crippen LogP contribution in [-0.4, -0.2) is 4.98 Å². The number of benzene rings is 1. The van der Waals surface area contributed by atoms with Crippen LogP contribution < -0.4 is 4.74 Å². The average molecular weight is 282 g/mol. The van der Waals surface area contributed by atoms with Crippen molar-refractivity contribution in [3.8, 4) is 5.75 Å². The van der Waals surface area contributed by atoms with Crippen molar-refractivity contribution < 1.29 is 9.13 Å². The Kier molecular flexibility index (Phi) is 3.51. The van der Waals surface area contributed by atoms with Gasteiger partial charge in [0.15, 0.2) is 0 Å². The Bertz CT molecular complexity index is 476. The van der Waals surface area contributed by atoms with Gasteiger partial charge >= 0.3 is 0 Å². The first kappa shape index (κ1) is 11.1. The van der Waals surface area contributed by atoms with Crippen LogP contribution in [0.5, 0.6) is 5.75 Å². The topological polar surface area (TPSA) is 22.1 Å². The first-order chi connectivity index (χ1) is 7.75. The smallest absolute Gasteiger partial charge is 0.138 e. The SMILES string of the molecule is Fc1cc(Br)ccc1COc1cccnc1. The molecule has 0 amide bonds. The highest BCUT2D eigenvalue weighted by molar-refractivity contribution is 9.10. The Labute approximate surface area is 101 Å². The molecule has 82 valence electrons. The molecule has 2 nitrogen and oxygen atoms in total. The summed E-state index contributed by atoms with van der Waals surface area (Å²) in [6, 6.07) is 8.44. The number of hydrogen-bond donors (Lipinski definition) is 0. The molecule has 1 aromatic heterocycles. The molecular formula is C12H9BrFNO. The molecule has 0 fully saturated rings. The molecule has 4 heteroatoms. The highest BCUT2D eigenvalue weighted by Gasteiger charge is 2.03. The second kappa shape index (κ2) is 5.07. The molecule has 0 radical (unpaired) electrons. The Morgan fingerprint density at radius 2 is 2.19 bits per heavy atom. The summed E-state index contributed by atoms with van der Waals surface area (Å²) in [5.41, 5.74) is 0.520. The summed E-state index contributed by atoms with van der Waals surface area (Å²) < 4.78 is 19.5. The molecule has 2 aromatic rings. The van der Waals surface area contributed by atoms with Crippen molar-refractivity contribution in [1.29, 1.82) is 0 Å². The maximum Gasteiger partial charge on any atom is 0.138 e. The number of rotatable bonds is 3. The quantitative estimate of drug-likeness (QED) is 0.858. The molecule has 0 bridgehead atoms. The molecule has 0 saturated carbocycles. The molecule has 0 saturated heterocycles. The molecule has 0 aliphatic heterocycles. The molecule has 16 heavy (non-hydrogen) atoms. The number of halogens is 2. The minimum atomic E-state index is -0.279. The first-order valence-electron chi connectivity index (χ1n) is 4.72. The maximum absolute atomic E-state index is 13.4. The van der Waals surface area contributed by atoms with Gasteiger partial charge in [-0.25, -0.2) is 4.39 Å². The summed E-state index contributed by atoms with van der Waals surface area (Å²) in [5.74, 6) is 0.350. The Morgan fingerprint density at radius 3 is 2.88 bits per heavy atom. The van der Waals surface area contributed by atoms with Gasteiger partial charge in [-0.1, -0.05) is 22.0 Å². The summed E-state index contributed by atoms with van der Waals surface area (Å²) in [5, 5.41) is 0. The van der Waals surface area contributed by atoms with E-state index < -0.39 is 0 Å². The second-order valence-corrected chi connectivity index (χ2v) is 4.13. The van der Waals surface area contributed by atoms with Crippen LogP contribution in [0.25, 0.3) is 0 Å². The van der Waals surface area contributed by atoms with E-state index in [4.69, 9.17) is 4.74 Å². The summed E-state index contributed by atoms with van der Waals surface area (Å²) >= 11 is 3.20. The van der Waals surface area contributed by atoms with Gasteiger partial charge in [0.25, 0.3) is 0 Å². The van der Waals surface area contributed by atoms with E-state index in [2.05, 4.69) is 20.9 Å². The maximum atomic E-state index is 13.4. The van der Waals surface area contributed by atoms with E-state index >= 15 is 0 Å². The lowest BCUT2D eigenvalue weighted by Gasteiger charge is -2.06. The third kappa shape index (κ3) is 2.79. The lowest BCUT2D eigenvalue weighted by Crippen LogP contribution is -1.98. The van der Waals surface area contributed by atoms with Crippen LogP contribution in [0.2, 0.25) is 0 Å². The van der Waals surface area contributed by atoms with Crippen molar-refractivity contribution in [3.05, 3.63) is 58.6 Å². The van der Waals surface area contributed by atoms with Crippen LogP contribution in [0, 0.1) is 5.82 Å². The highest BCUT2D eigenvalue weighted by Crippen LogP contribution is 2.17. The van der Waals surface area contributed by atoms with Crippen molar-refractivity contribution in [2.45, 2.75) is 6.61 Å². The predicted octanol–water partition coefficient (Wildman–Crippen LogP) is 3.56. The van der Waals surface area contributed by atoms with Gasteiger partial charge in [-0.15, -0.1) is 0 Å². The molecule has 0 atom stereocenters. The van der Waals surface area contributed by atoms with E-state index in [0.29, 0.717) is 11.3 Å². The van der Waals surface area contributed by atoms with E-state index in [-0.39, 0.29) is 12.4 Å². The summed E-state index contributed by atoms with van der Waals surface area (Å²) in [4.78, 5) is 3.91. The van der Waals surface area contributed by atoms with Gasteiger partial charge < -0.3 is 4.74 Å². The minimum absolute atomic E-state index is 0.199. The van der Waals surface area contributed by atoms with Crippen molar-refractivity contribution >= 4 is 15.9 Å². The highest BCUT2D eigenvalue weighted by atomic mass is 79.9. The largest absolute Gasteiger partial charge is 0.487 e. The zero-order valence-corrected chi connectivity index (χ0v) is 9.95. The van der Waals surface area contributed by atoms with Crippen LogP contribution in [-0.2, 0) is 6.61 Å². The Balaban J connectivity index is 2.05. The van der Waals surface area contributed by atoms with Crippen LogP contribution in [0.1, 0.15) is 5.56 Å². The Hall–Kier alpha value is -1.42. The Morgan fingerprint density at radius 1 is 1.31 bits per heavy atom. The molecule has 0 spiro atoms. The van der Waals surface area contributed by atoms with E-state index in [1.54, 1.807) is 36.7 Å². The standard InChI is InChI=1S/C12H9BrFNO/c13-10-4-3-9(12(14)6-10)8-16-11-2-1-5-15-7-11/h1-7H,8H2. The second-order valence-electron chi connectivity index (χ2n) is 3.21. The molecule has 1 aromatic carbocycles. The monoisotopic (exact) mass is 281 g/mol. The normalized spacial score (nSPS) is 10.1. The van der Waals surface area contributed by atoms with Gasteiger partial charge in [0.1, 0.15) is 18.2 Å². The van der Waals surface area contributed by atoms with E-state index in [1.165, 1.54) is 6.07 Å².